The van der Waals surface area contributed by atoms with Crippen molar-refractivity contribution in [3.8, 4) is 0 Å². The van der Waals surface area contributed by atoms with Crippen molar-refractivity contribution in [2.24, 2.45) is 17.3 Å². The zero-order valence-electron chi connectivity index (χ0n) is 12.7. The van der Waals surface area contributed by atoms with E-state index < -0.39 is 5.72 Å². The Morgan fingerprint density at radius 3 is 2.70 bits per heavy atom. The number of fused-ring (bicyclic) bond motifs is 2. The van der Waals surface area contributed by atoms with Crippen LogP contribution in [0.25, 0.3) is 0 Å². The second-order valence-corrected chi connectivity index (χ2v) is 6.93. The monoisotopic (exact) mass is 277 g/mol. The van der Waals surface area contributed by atoms with Crippen molar-refractivity contribution in [1.29, 1.82) is 0 Å². The molecule has 4 nitrogen and oxygen atoms in total. The predicted octanol–water partition coefficient (Wildman–Crippen LogP) is 2.19. The maximum absolute atomic E-state index is 12.4. The number of ether oxygens (including phenoxy) is 1. The molecule has 1 aliphatic heterocycles. The molecule has 0 unspecified atom stereocenters. The van der Waals surface area contributed by atoms with Gasteiger partial charge in [0.1, 0.15) is 5.78 Å². The molecule has 0 radical (unpaired) electrons. The minimum atomic E-state index is -0.738. The van der Waals surface area contributed by atoms with Crippen LogP contribution in [0.2, 0.25) is 0 Å². The van der Waals surface area contributed by atoms with Gasteiger partial charge < -0.3 is 10.1 Å². The molecule has 20 heavy (non-hydrogen) atoms. The summed E-state index contributed by atoms with van der Waals surface area (Å²) in [6.07, 6.45) is 2.98. The Kier molecular flexibility index (Phi) is 2.88. The number of carbonyl (C=O) groups is 2. The fourth-order valence-electron chi connectivity index (χ4n) is 4.39. The molecule has 0 aromatic heterocycles. The Balaban J connectivity index is 2.08. The third-order valence-electron chi connectivity index (χ3n) is 6.13. The molecule has 1 N–H and O–H groups in total. The molecular formula is C16H23NO3. The van der Waals surface area contributed by atoms with E-state index in [1.54, 1.807) is 7.11 Å². The van der Waals surface area contributed by atoms with E-state index >= 15 is 0 Å². The highest BCUT2D eigenvalue weighted by atomic mass is 16.5. The Labute approximate surface area is 119 Å². The van der Waals surface area contributed by atoms with Crippen LogP contribution in [0.15, 0.2) is 11.1 Å². The summed E-state index contributed by atoms with van der Waals surface area (Å²) in [5.74, 6) is 0.765. The van der Waals surface area contributed by atoms with Gasteiger partial charge in [-0.05, 0) is 36.7 Å². The zero-order chi connectivity index (χ0) is 14.7. The van der Waals surface area contributed by atoms with Gasteiger partial charge in [-0.1, -0.05) is 13.8 Å². The molecule has 110 valence electrons. The van der Waals surface area contributed by atoms with E-state index in [1.807, 2.05) is 6.92 Å². The Morgan fingerprint density at radius 2 is 2.05 bits per heavy atom. The molecule has 0 aromatic carbocycles. The van der Waals surface area contributed by atoms with E-state index in [-0.39, 0.29) is 17.2 Å². The van der Waals surface area contributed by atoms with Gasteiger partial charge in [-0.2, -0.15) is 0 Å². The number of carbonyl (C=O) groups excluding carboxylic acids is 2. The summed E-state index contributed by atoms with van der Waals surface area (Å²) >= 11 is 0. The van der Waals surface area contributed by atoms with Crippen LogP contribution < -0.4 is 5.32 Å². The highest BCUT2D eigenvalue weighted by molar-refractivity contribution is 5.98. The third kappa shape index (κ3) is 1.57. The van der Waals surface area contributed by atoms with Crippen LogP contribution in [0.3, 0.4) is 0 Å². The molecular weight excluding hydrogens is 254 g/mol. The van der Waals surface area contributed by atoms with Crippen molar-refractivity contribution < 1.29 is 14.3 Å². The van der Waals surface area contributed by atoms with Crippen molar-refractivity contribution in [1.82, 2.24) is 5.32 Å². The first-order chi connectivity index (χ1) is 9.34. The van der Waals surface area contributed by atoms with Crippen molar-refractivity contribution >= 4 is 11.7 Å². The first-order valence-corrected chi connectivity index (χ1v) is 7.44. The SMILES string of the molecule is CO[C@@]12C[C@@H]3C(=O)CC[C@H](C)[C@@]3(C)CC1=C(C)C(=O)N2. The Bertz CT molecular complexity index is 524. The Morgan fingerprint density at radius 1 is 1.35 bits per heavy atom. The topological polar surface area (TPSA) is 55.4 Å². The number of methoxy groups -OCH3 is 1. The number of rotatable bonds is 1. The number of amides is 1. The lowest BCUT2D eigenvalue weighted by Gasteiger charge is -2.53. The quantitative estimate of drug-likeness (QED) is 0.799. The lowest BCUT2D eigenvalue weighted by molar-refractivity contribution is -0.147. The van der Waals surface area contributed by atoms with Gasteiger partial charge in [0.05, 0.1) is 0 Å². The van der Waals surface area contributed by atoms with E-state index in [1.165, 1.54) is 0 Å². The van der Waals surface area contributed by atoms with E-state index in [2.05, 4.69) is 19.2 Å². The van der Waals surface area contributed by atoms with Gasteiger partial charge in [0.2, 0.25) is 5.91 Å². The summed E-state index contributed by atoms with van der Waals surface area (Å²) in [6, 6.07) is 0. The molecule has 1 heterocycles. The third-order valence-corrected chi connectivity index (χ3v) is 6.13. The second kappa shape index (κ2) is 4.17. The fraction of sp³-hybridized carbons (Fsp3) is 0.750. The molecule has 4 atom stereocenters. The van der Waals surface area contributed by atoms with Crippen LogP contribution in [-0.2, 0) is 14.3 Å². The molecule has 0 aromatic rings. The number of ketones is 1. The smallest absolute Gasteiger partial charge is 0.249 e. The summed E-state index contributed by atoms with van der Waals surface area (Å²) < 4.78 is 5.68. The van der Waals surface area contributed by atoms with Crippen LogP contribution in [0.1, 0.15) is 46.5 Å². The van der Waals surface area contributed by atoms with Crippen LogP contribution in [0.4, 0.5) is 0 Å². The summed E-state index contributed by atoms with van der Waals surface area (Å²) in [6.45, 7) is 6.31. The molecule has 0 bridgehead atoms. The number of Topliss-reactive ketones (excluding diaryl/α,β-unsaturated/α-hetero) is 1. The molecule has 4 heteroatoms. The number of hydrogen-bond acceptors (Lipinski definition) is 3. The highest BCUT2D eigenvalue weighted by Crippen LogP contribution is 2.57. The molecule has 2 fully saturated rings. The maximum atomic E-state index is 12.4. The summed E-state index contributed by atoms with van der Waals surface area (Å²) in [7, 11) is 1.62. The predicted molar refractivity (Wildman–Crippen MR) is 74.8 cm³/mol. The molecule has 3 aliphatic rings. The molecule has 0 saturated heterocycles. The summed E-state index contributed by atoms with van der Waals surface area (Å²) in [5, 5.41) is 2.97. The van der Waals surface area contributed by atoms with Crippen molar-refractivity contribution in [3.63, 3.8) is 0 Å². The number of hydrogen-bond donors (Lipinski definition) is 1. The highest BCUT2D eigenvalue weighted by Gasteiger charge is 2.59. The van der Waals surface area contributed by atoms with Crippen molar-refractivity contribution in [2.45, 2.75) is 52.2 Å². The van der Waals surface area contributed by atoms with Gasteiger partial charge in [0.15, 0.2) is 5.72 Å². The lowest BCUT2D eigenvalue weighted by Crippen LogP contribution is -2.58. The molecule has 2 saturated carbocycles. The van der Waals surface area contributed by atoms with E-state index in [0.717, 1.165) is 24.0 Å². The zero-order valence-corrected chi connectivity index (χ0v) is 12.7. The van der Waals surface area contributed by atoms with Crippen LogP contribution in [0, 0.1) is 17.3 Å². The van der Waals surface area contributed by atoms with Gasteiger partial charge >= 0.3 is 0 Å². The standard InChI is InChI=1S/C16H23NO3/c1-9-5-6-13(18)12-8-16(20-4)11(7-15(9,12)3)10(2)14(19)17-16/h9,12H,5-8H2,1-4H3,(H,17,19)/t9-,12+,15+,16-/m0/s1. The van der Waals surface area contributed by atoms with Gasteiger partial charge in [-0.3, -0.25) is 9.59 Å². The largest absolute Gasteiger partial charge is 0.355 e. The van der Waals surface area contributed by atoms with E-state index in [9.17, 15) is 9.59 Å². The molecule has 3 rings (SSSR count). The van der Waals surface area contributed by atoms with E-state index in [4.69, 9.17) is 4.74 Å². The minimum Gasteiger partial charge on any atom is -0.355 e. The second-order valence-electron chi connectivity index (χ2n) is 6.93. The average molecular weight is 277 g/mol. The molecule has 2 aliphatic carbocycles. The normalized spacial score (nSPS) is 44.2. The Hall–Kier alpha value is -1.16. The molecule has 1 amide bonds. The number of nitrogens with one attached hydrogen (secondary N) is 1. The molecule has 0 spiro atoms. The average Bonchev–Trinajstić information content (AvgIpc) is 2.66. The van der Waals surface area contributed by atoms with Gasteiger partial charge in [-0.25, -0.2) is 0 Å². The van der Waals surface area contributed by atoms with Crippen LogP contribution >= 0.6 is 0 Å². The first kappa shape index (κ1) is 13.8. The van der Waals surface area contributed by atoms with Crippen molar-refractivity contribution in [2.75, 3.05) is 7.11 Å². The van der Waals surface area contributed by atoms with Crippen LogP contribution in [-0.4, -0.2) is 24.5 Å². The van der Waals surface area contributed by atoms with Gasteiger partial charge in [-0.15, -0.1) is 0 Å². The summed E-state index contributed by atoms with van der Waals surface area (Å²) in [4.78, 5) is 24.4. The fourth-order valence-corrected chi connectivity index (χ4v) is 4.39. The van der Waals surface area contributed by atoms with Crippen molar-refractivity contribution in [3.05, 3.63) is 11.1 Å². The van der Waals surface area contributed by atoms with Gasteiger partial charge in [0.25, 0.3) is 0 Å². The maximum Gasteiger partial charge on any atom is 0.249 e. The van der Waals surface area contributed by atoms with E-state index in [0.29, 0.717) is 24.5 Å². The minimum absolute atomic E-state index is 0.0128. The lowest BCUT2D eigenvalue weighted by atomic mass is 9.53. The van der Waals surface area contributed by atoms with Crippen LogP contribution in [0.5, 0.6) is 0 Å². The first-order valence-electron chi connectivity index (χ1n) is 7.44. The van der Waals surface area contributed by atoms with Gasteiger partial charge in [0, 0.05) is 31.4 Å². The summed E-state index contributed by atoms with van der Waals surface area (Å²) in [5.41, 5.74) is 1.06.